The third-order valence-corrected chi connectivity index (χ3v) is 3.03. The van der Waals surface area contributed by atoms with Crippen LogP contribution in [0.15, 0.2) is 42.6 Å². The van der Waals surface area contributed by atoms with Crippen LogP contribution in [0.1, 0.15) is 11.3 Å². The van der Waals surface area contributed by atoms with Crippen molar-refractivity contribution < 1.29 is 14.3 Å². The summed E-state index contributed by atoms with van der Waals surface area (Å²) < 4.78 is 11.9. The Hall–Kier alpha value is -2.49. The van der Waals surface area contributed by atoms with Gasteiger partial charge in [-0.05, 0) is 35.9 Å². The average Bonchev–Trinajstić information content (AvgIpc) is 2.90. The molecule has 2 rings (SSSR count). The van der Waals surface area contributed by atoms with Gasteiger partial charge >= 0.3 is 5.97 Å². The van der Waals surface area contributed by atoms with Gasteiger partial charge in [-0.25, -0.2) is 4.79 Å². The lowest BCUT2D eigenvalue weighted by atomic mass is 10.1. The summed E-state index contributed by atoms with van der Waals surface area (Å²) in [6.07, 6.45) is 3.68. The fourth-order valence-electron chi connectivity index (χ4n) is 1.99. The van der Waals surface area contributed by atoms with Crippen molar-refractivity contribution in [2.24, 2.45) is 7.05 Å². The molecule has 0 aliphatic rings. The topological polar surface area (TPSA) is 40.5 Å². The van der Waals surface area contributed by atoms with E-state index in [0.717, 1.165) is 17.0 Å². The molecule has 0 fully saturated rings. The smallest absolute Gasteiger partial charge is 0.340 e. The van der Waals surface area contributed by atoms with Gasteiger partial charge in [-0.15, -0.1) is 0 Å². The van der Waals surface area contributed by atoms with Crippen LogP contribution in [-0.2, 0) is 16.6 Å². The monoisotopic (exact) mass is 271 g/mol. The van der Waals surface area contributed by atoms with Crippen LogP contribution in [0.2, 0.25) is 0 Å². The lowest BCUT2D eigenvalue weighted by Crippen LogP contribution is -2.07. The molecule has 0 bridgehead atoms. The first-order valence-electron chi connectivity index (χ1n) is 6.21. The number of aromatic nitrogens is 1. The van der Waals surface area contributed by atoms with Gasteiger partial charge in [-0.3, -0.25) is 0 Å². The molecule has 1 aromatic heterocycles. The summed E-state index contributed by atoms with van der Waals surface area (Å²) in [5.74, 6) is 0.379. The fraction of sp³-hybridized carbons (Fsp3) is 0.188. The maximum absolute atomic E-state index is 12.0. The molecule has 104 valence electrons. The summed E-state index contributed by atoms with van der Waals surface area (Å²) in [7, 11) is 4.88. The number of carbonyl (C=O) groups is 1. The fourth-order valence-corrected chi connectivity index (χ4v) is 1.99. The number of methoxy groups -OCH3 is 2. The Morgan fingerprint density at radius 3 is 2.60 bits per heavy atom. The van der Waals surface area contributed by atoms with E-state index in [-0.39, 0.29) is 5.97 Å². The van der Waals surface area contributed by atoms with E-state index < -0.39 is 0 Å². The number of hydrogen-bond acceptors (Lipinski definition) is 3. The molecule has 0 aliphatic carbocycles. The minimum atomic E-state index is -0.366. The largest absolute Gasteiger partial charge is 0.497 e. The zero-order valence-electron chi connectivity index (χ0n) is 11.8. The van der Waals surface area contributed by atoms with E-state index >= 15 is 0 Å². The van der Waals surface area contributed by atoms with E-state index in [0.29, 0.717) is 5.57 Å². The Kier molecular flexibility index (Phi) is 4.25. The van der Waals surface area contributed by atoms with E-state index in [1.807, 2.05) is 54.2 Å². The van der Waals surface area contributed by atoms with Gasteiger partial charge in [-0.1, -0.05) is 12.1 Å². The van der Waals surface area contributed by atoms with Crippen LogP contribution in [-0.4, -0.2) is 24.8 Å². The van der Waals surface area contributed by atoms with Crippen LogP contribution >= 0.6 is 0 Å². The van der Waals surface area contributed by atoms with E-state index in [1.165, 1.54) is 7.11 Å². The molecule has 0 amide bonds. The van der Waals surface area contributed by atoms with Gasteiger partial charge in [0.25, 0.3) is 0 Å². The predicted molar refractivity (Wildman–Crippen MR) is 78.3 cm³/mol. The molecule has 0 saturated carbocycles. The minimum Gasteiger partial charge on any atom is -0.497 e. The molecule has 4 heteroatoms. The summed E-state index contributed by atoms with van der Waals surface area (Å²) in [6.45, 7) is 0. The summed E-state index contributed by atoms with van der Waals surface area (Å²) in [4.78, 5) is 12.0. The molecule has 1 aromatic carbocycles. The number of ether oxygens (including phenoxy) is 2. The number of benzene rings is 1. The summed E-state index contributed by atoms with van der Waals surface area (Å²) in [6, 6.07) is 11.3. The van der Waals surface area contributed by atoms with E-state index in [9.17, 15) is 4.79 Å². The molecular formula is C16H17NO3. The number of rotatable bonds is 4. The Balaban J connectivity index is 2.48. The zero-order valence-corrected chi connectivity index (χ0v) is 11.8. The molecule has 0 spiro atoms. The number of hydrogen-bond donors (Lipinski definition) is 0. The molecule has 0 aliphatic heterocycles. The lowest BCUT2D eigenvalue weighted by molar-refractivity contribution is -0.133. The molecular weight excluding hydrogens is 254 g/mol. The second-order valence-corrected chi connectivity index (χ2v) is 4.33. The first-order valence-corrected chi connectivity index (χ1v) is 6.21. The van der Waals surface area contributed by atoms with Gasteiger partial charge in [0.05, 0.1) is 25.5 Å². The second kappa shape index (κ2) is 6.10. The van der Waals surface area contributed by atoms with E-state index in [1.54, 1.807) is 13.2 Å². The summed E-state index contributed by atoms with van der Waals surface area (Å²) >= 11 is 0. The number of carbonyl (C=O) groups excluding carboxylic acids is 1. The van der Waals surface area contributed by atoms with Gasteiger partial charge in [0.15, 0.2) is 0 Å². The van der Waals surface area contributed by atoms with Crippen molar-refractivity contribution in [1.29, 1.82) is 0 Å². The summed E-state index contributed by atoms with van der Waals surface area (Å²) in [5.41, 5.74) is 2.19. The van der Waals surface area contributed by atoms with Crippen molar-refractivity contribution in [1.82, 2.24) is 4.57 Å². The maximum atomic E-state index is 12.0. The van der Waals surface area contributed by atoms with Crippen LogP contribution < -0.4 is 4.74 Å². The van der Waals surface area contributed by atoms with Gasteiger partial charge in [0, 0.05) is 13.2 Å². The highest BCUT2D eigenvalue weighted by atomic mass is 16.5. The summed E-state index contributed by atoms with van der Waals surface area (Å²) in [5, 5.41) is 0. The van der Waals surface area contributed by atoms with Gasteiger partial charge in [0.2, 0.25) is 0 Å². The van der Waals surface area contributed by atoms with Crippen LogP contribution in [0.4, 0.5) is 0 Å². The molecule has 20 heavy (non-hydrogen) atoms. The van der Waals surface area contributed by atoms with Gasteiger partial charge < -0.3 is 14.0 Å². The average molecular weight is 271 g/mol. The van der Waals surface area contributed by atoms with Gasteiger partial charge in [0.1, 0.15) is 5.75 Å². The number of nitrogens with zero attached hydrogens (tertiary/aromatic N) is 1. The van der Waals surface area contributed by atoms with Crippen LogP contribution in [0.5, 0.6) is 5.75 Å². The highest BCUT2D eigenvalue weighted by Gasteiger charge is 2.15. The van der Waals surface area contributed by atoms with Crippen LogP contribution in [0.3, 0.4) is 0 Å². The van der Waals surface area contributed by atoms with Crippen molar-refractivity contribution in [3.05, 3.63) is 53.9 Å². The number of aryl methyl sites for hydroxylation is 1. The van der Waals surface area contributed by atoms with Crippen molar-refractivity contribution in [3.8, 4) is 5.75 Å². The van der Waals surface area contributed by atoms with E-state index in [2.05, 4.69) is 0 Å². The Morgan fingerprint density at radius 2 is 2.00 bits per heavy atom. The molecule has 0 unspecified atom stereocenters. The van der Waals surface area contributed by atoms with Crippen molar-refractivity contribution in [2.75, 3.05) is 14.2 Å². The SMILES string of the molecule is COC(=O)/C(=C/c1cccc(OC)c1)c1cccn1C. The van der Waals surface area contributed by atoms with Crippen molar-refractivity contribution >= 4 is 17.6 Å². The Bertz CT molecular complexity index is 641. The molecule has 2 aromatic rings. The molecule has 0 radical (unpaired) electrons. The number of esters is 1. The minimum absolute atomic E-state index is 0.366. The first kappa shape index (κ1) is 13.9. The van der Waals surface area contributed by atoms with Crippen molar-refractivity contribution in [2.45, 2.75) is 0 Å². The standard InChI is InChI=1S/C16H17NO3/c1-17-9-5-8-15(17)14(16(18)20-3)11-12-6-4-7-13(10-12)19-2/h4-11H,1-3H3/b14-11+. The van der Waals surface area contributed by atoms with Crippen molar-refractivity contribution in [3.63, 3.8) is 0 Å². The second-order valence-electron chi connectivity index (χ2n) is 4.33. The molecule has 1 heterocycles. The maximum Gasteiger partial charge on any atom is 0.340 e. The molecule has 0 atom stereocenters. The third kappa shape index (κ3) is 2.91. The quantitative estimate of drug-likeness (QED) is 0.634. The Morgan fingerprint density at radius 1 is 1.20 bits per heavy atom. The predicted octanol–water partition coefficient (Wildman–Crippen LogP) is 2.75. The van der Waals surface area contributed by atoms with Crippen LogP contribution in [0, 0.1) is 0 Å². The highest BCUT2D eigenvalue weighted by molar-refractivity contribution is 6.21. The van der Waals surface area contributed by atoms with E-state index in [4.69, 9.17) is 9.47 Å². The van der Waals surface area contributed by atoms with Gasteiger partial charge in [-0.2, -0.15) is 0 Å². The highest BCUT2D eigenvalue weighted by Crippen LogP contribution is 2.22. The van der Waals surface area contributed by atoms with Crippen LogP contribution in [0.25, 0.3) is 11.6 Å². The molecule has 4 nitrogen and oxygen atoms in total. The first-order chi connectivity index (χ1) is 9.65. The molecule has 0 saturated heterocycles. The Labute approximate surface area is 118 Å². The normalized spacial score (nSPS) is 11.2. The lowest BCUT2D eigenvalue weighted by Gasteiger charge is -2.08. The third-order valence-electron chi connectivity index (χ3n) is 3.03. The zero-order chi connectivity index (χ0) is 14.5. The molecule has 0 N–H and O–H groups in total.